The van der Waals surface area contributed by atoms with Crippen molar-refractivity contribution in [2.45, 2.75) is 51.7 Å². The Labute approximate surface area is 190 Å². The number of rotatable bonds is 6. The summed E-state index contributed by atoms with van der Waals surface area (Å²) in [6, 6.07) is 13.8. The highest BCUT2D eigenvalue weighted by molar-refractivity contribution is 5.93. The Morgan fingerprint density at radius 3 is 2.38 bits per heavy atom. The van der Waals surface area contributed by atoms with Crippen LogP contribution in [0.3, 0.4) is 0 Å². The molecule has 1 aliphatic heterocycles. The van der Waals surface area contributed by atoms with Gasteiger partial charge < -0.3 is 15.5 Å². The average molecular weight is 438 g/mol. The molecule has 1 saturated heterocycles. The van der Waals surface area contributed by atoms with Gasteiger partial charge in [0, 0.05) is 43.2 Å². The Morgan fingerprint density at radius 2 is 1.81 bits per heavy atom. The Morgan fingerprint density at radius 1 is 1.16 bits per heavy atom. The minimum absolute atomic E-state index is 0.0888. The van der Waals surface area contributed by atoms with Crippen LogP contribution in [0.1, 0.15) is 50.8 Å². The number of likely N-dealkylation sites (tertiary alicyclic amines) is 1. The zero-order valence-electron chi connectivity index (χ0n) is 19.3. The second-order valence-electron chi connectivity index (χ2n) is 10.7. The first-order valence-corrected chi connectivity index (χ1v) is 11.6. The quantitative estimate of drug-likeness (QED) is 0.645. The van der Waals surface area contributed by atoms with Crippen molar-refractivity contribution in [2.75, 3.05) is 25.0 Å². The molecule has 2 aromatic rings. The van der Waals surface area contributed by atoms with E-state index in [4.69, 9.17) is 0 Å². The van der Waals surface area contributed by atoms with Gasteiger partial charge >= 0.3 is 0 Å². The highest BCUT2D eigenvalue weighted by Crippen LogP contribution is 2.45. The molecule has 4 rings (SSSR count). The van der Waals surface area contributed by atoms with Crippen molar-refractivity contribution in [3.63, 3.8) is 0 Å². The number of fused-ring (bicyclic) bond motifs is 1. The number of carbonyl (C=O) groups is 1. The van der Waals surface area contributed by atoms with E-state index < -0.39 is 17.1 Å². The van der Waals surface area contributed by atoms with Crippen LogP contribution in [-0.2, 0) is 11.2 Å². The van der Waals surface area contributed by atoms with E-state index >= 15 is 0 Å². The number of benzene rings is 1. The fraction of sp³-hybridized carbons (Fsp3) is 0.538. The molecule has 2 aliphatic rings. The largest absolute Gasteiger partial charge is 0.390 e. The predicted molar refractivity (Wildman–Crippen MR) is 125 cm³/mol. The fourth-order valence-corrected chi connectivity index (χ4v) is 5.16. The first kappa shape index (κ1) is 22.9. The molecule has 2 heterocycles. The van der Waals surface area contributed by atoms with Gasteiger partial charge in [0.15, 0.2) is 0 Å². The lowest BCUT2D eigenvalue weighted by Crippen LogP contribution is -2.33. The zero-order valence-corrected chi connectivity index (χ0v) is 19.3. The number of hydrogen-bond donors (Lipinski definition) is 3. The summed E-state index contributed by atoms with van der Waals surface area (Å²) in [5.41, 5.74) is 0.841. The van der Waals surface area contributed by atoms with Crippen LogP contribution in [0.4, 0.5) is 5.82 Å². The lowest BCUT2D eigenvalue weighted by Gasteiger charge is -2.27. The van der Waals surface area contributed by atoms with Gasteiger partial charge in [-0.05, 0) is 36.3 Å². The molecule has 6 heteroatoms. The number of nitrogens with zero attached hydrogens (tertiary/aromatic N) is 2. The van der Waals surface area contributed by atoms with Crippen molar-refractivity contribution < 1.29 is 15.0 Å². The number of aromatic nitrogens is 1. The highest BCUT2D eigenvalue weighted by atomic mass is 16.3. The maximum absolute atomic E-state index is 12.1. The Hall–Kier alpha value is -2.28. The van der Waals surface area contributed by atoms with Gasteiger partial charge in [-0.2, -0.15) is 0 Å². The third-order valence-electron chi connectivity index (χ3n) is 6.84. The van der Waals surface area contributed by atoms with Gasteiger partial charge in [0.2, 0.25) is 5.91 Å². The van der Waals surface area contributed by atoms with Crippen molar-refractivity contribution in [1.82, 2.24) is 9.88 Å². The minimum Gasteiger partial charge on any atom is -0.390 e. The summed E-state index contributed by atoms with van der Waals surface area (Å²) in [6.07, 6.45) is 3.37. The van der Waals surface area contributed by atoms with Crippen LogP contribution in [0, 0.1) is 17.3 Å². The average Bonchev–Trinajstić information content (AvgIpc) is 3.22. The normalized spacial score (nSPS) is 26.7. The molecule has 2 fully saturated rings. The van der Waals surface area contributed by atoms with E-state index in [1.807, 2.05) is 45.0 Å². The number of hydrogen-bond acceptors (Lipinski definition) is 5. The van der Waals surface area contributed by atoms with Gasteiger partial charge in [-0.15, -0.1) is 0 Å². The second-order valence-corrected chi connectivity index (χ2v) is 10.7. The summed E-state index contributed by atoms with van der Waals surface area (Å²) < 4.78 is 0. The van der Waals surface area contributed by atoms with Crippen LogP contribution >= 0.6 is 0 Å². The van der Waals surface area contributed by atoms with E-state index in [1.165, 1.54) is 5.56 Å². The third-order valence-corrected chi connectivity index (χ3v) is 6.84. The summed E-state index contributed by atoms with van der Waals surface area (Å²) in [4.78, 5) is 18.7. The van der Waals surface area contributed by atoms with Gasteiger partial charge in [-0.25, -0.2) is 4.98 Å². The standard InChI is InChI=1S/C26H35N3O3/c1-25(2,3)24(31)28-23-10-9-19(14-27-23)22(30)17-29-15-20-12-26(32,13-21(20)16-29)11-18-7-5-4-6-8-18/h4-10,14,20-22,30,32H,11-13,15-17H2,1-3H3,(H,27,28,31)/t20-,21+,22?,26?. The molecule has 0 radical (unpaired) electrons. The second kappa shape index (κ2) is 8.93. The van der Waals surface area contributed by atoms with Crippen LogP contribution in [0.25, 0.3) is 0 Å². The minimum atomic E-state index is -0.628. The monoisotopic (exact) mass is 437 g/mol. The first-order valence-electron chi connectivity index (χ1n) is 11.6. The summed E-state index contributed by atoms with van der Waals surface area (Å²) in [7, 11) is 0. The number of aliphatic hydroxyl groups excluding tert-OH is 1. The molecule has 0 bridgehead atoms. The van der Waals surface area contributed by atoms with Crippen molar-refractivity contribution in [2.24, 2.45) is 17.3 Å². The number of anilines is 1. The van der Waals surface area contributed by atoms with Crippen LogP contribution in [0.5, 0.6) is 0 Å². The smallest absolute Gasteiger partial charge is 0.230 e. The molecule has 3 N–H and O–H groups in total. The van der Waals surface area contributed by atoms with Gasteiger partial charge in [-0.3, -0.25) is 9.69 Å². The van der Waals surface area contributed by atoms with E-state index in [0.29, 0.717) is 30.6 Å². The number of amides is 1. The Balaban J connectivity index is 1.28. The SMILES string of the molecule is CC(C)(C)C(=O)Nc1ccc(C(O)CN2C[C@@H]3CC(O)(Cc4ccccc4)C[C@@H]3C2)cn1. The van der Waals surface area contributed by atoms with Gasteiger partial charge in [0.05, 0.1) is 11.7 Å². The van der Waals surface area contributed by atoms with E-state index in [9.17, 15) is 15.0 Å². The molecule has 1 amide bonds. The lowest BCUT2D eigenvalue weighted by molar-refractivity contribution is -0.123. The van der Waals surface area contributed by atoms with Crippen molar-refractivity contribution >= 4 is 11.7 Å². The maximum Gasteiger partial charge on any atom is 0.230 e. The predicted octanol–water partition coefficient (Wildman–Crippen LogP) is 3.42. The molecule has 1 aliphatic carbocycles. The number of aliphatic hydroxyl groups is 2. The van der Waals surface area contributed by atoms with E-state index in [-0.39, 0.29) is 5.91 Å². The maximum atomic E-state index is 12.1. The van der Waals surface area contributed by atoms with Crippen LogP contribution in [0.2, 0.25) is 0 Å². The summed E-state index contributed by atoms with van der Waals surface area (Å²) in [5.74, 6) is 1.36. The molecule has 2 unspecified atom stereocenters. The zero-order chi connectivity index (χ0) is 22.9. The van der Waals surface area contributed by atoms with Crippen LogP contribution < -0.4 is 5.32 Å². The Kier molecular flexibility index (Phi) is 6.39. The summed E-state index contributed by atoms with van der Waals surface area (Å²) >= 11 is 0. The number of β-amino-alcohol motifs (C(OH)–C–C–N with tert-alkyl or cyclic N) is 1. The molecule has 172 valence electrons. The van der Waals surface area contributed by atoms with Crippen LogP contribution in [-0.4, -0.2) is 51.2 Å². The Bertz CT molecular complexity index is 910. The molecule has 0 spiro atoms. The molecule has 6 nitrogen and oxygen atoms in total. The van der Waals surface area contributed by atoms with Crippen molar-refractivity contribution in [1.29, 1.82) is 0 Å². The summed E-state index contributed by atoms with van der Waals surface area (Å²) in [5, 5.41) is 24.7. The van der Waals surface area contributed by atoms with Crippen molar-refractivity contribution in [3.05, 3.63) is 59.8 Å². The van der Waals surface area contributed by atoms with Gasteiger partial charge in [0.1, 0.15) is 5.82 Å². The molecule has 4 atom stereocenters. The molecular formula is C26H35N3O3. The lowest BCUT2D eigenvalue weighted by atomic mass is 9.91. The van der Waals surface area contributed by atoms with Gasteiger partial charge in [-0.1, -0.05) is 57.2 Å². The molecule has 1 saturated carbocycles. The molecule has 1 aromatic heterocycles. The topological polar surface area (TPSA) is 85.7 Å². The molecule has 1 aromatic carbocycles. The molecule has 32 heavy (non-hydrogen) atoms. The van der Waals surface area contributed by atoms with E-state index in [1.54, 1.807) is 12.3 Å². The summed E-state index contributed by atoms with van der Waals surface area (Å²) in [6.45, 7) is 7.94. The van der Waals surface area contributed by atoms with E-state index in [2.05, 4.69) is 27.3 Å². The third kappa shape index (κ3) is 5.37. The van der Waals surface area contributed by atoms with Gasteiger partial charge in [0.25, 0.3) is 0 Å². The highest BCUT2D eigenvalue weighted by Gasteiger charge is 2.48. The number of pyridine rings is 1. The number of nitrogens with one attached hydrogen (secondary N) is 1. The van der Waals surface area contributed by atoms with Crippen molar-refractivity contribution in [3.8, 4) is 0 Å². The van der Waals surface area contributed by atoms with Crippen LogP contribution in [0.15, 0.2) is 48.7 Å². The fourth-order valence-electron chi connectivity index (χ4n) is 5.16. The molecular weight excluding hydrogens is 402 g/mol. The number of carbonyl (C=O) groups excluding carboxylic acids is 1. The van der Waals surface area contributed by atoms with E-state index in [0.717, 1.165) is 31.5 Å². The first-order chi connectivity index (χ1) is 15.1.